The normalized spacial score (nSPS) is 14.9. The van der Waals surface area contributed by atoms with Gasteiger partial charge in [-0.25, -0.2) is 4.98 Å². The average molecular weight is 316 g/mol. The maximum Gasteiger partial charge on any atom is 0.419 e. The minimum absolute atomic E-state index is 0.278. The SMILES string of the molecule is FC(F)(F)c1ccc(Nn2cc3c(c2)CCCC3)nc1Cl. The molecule has 0 atom stereocenters. The van der Waals surface area contributed by atoms with E-state index >= 15 is 0 Å². The molecule has 0 aromatic carbocycles. The zero-order valence-electron chi connectivity index (χ0n) is 11.0. The number of pyridine rings is 1. The van der Waals surface area contributed by atoms with Gasteiger partial charge in [-0.1, -0.05) is 11.6 Å². The second-order valence-electron chi connectivity index (χ2n) is 5.07. The lowest BCUT2D eigenvalue weighted by atomic mass is 9.96. The number of nitrogens with one attached hydrogen (secondary N) is 1. The predicted molar refractivity (Wildman–Crippen MR) is 74.3 cm³/mol. The van der Waals surface area contributed by atoms with Crippen molar-refractivity contribution in [1.29, 1.82) is 0 Å². The van der Waals surface area contributed by atoms with E-state index in [-0.39, 0.29) is 5.82 Å². The molecule has 7 heteroatoms. The molecule has 0 radical (unpaired) electrons. The highest BCUT2D eigenvalue weighted by atomic mass is 35.5. The molecule has 0 spiro atoms. The minimum atomic E-state index is -4.49. The van der Waals surface area contributed by atoms with E-state index in [1.807, 2.05) is 12.4 Å². The number of hydrogen-bond acceptors (Lipinski definition) is 2. The van der Waals surface area contributed by atoms with Gasteiger partial charge in [-0.15, -0.1) is 0 Å². The Bertz CT molecular complexity index is 640. The van der Waals surface area contributed by atoms with Crippen molar-refractivity contribution in [2.24, 2.45) is 0 Å². The number of aromatic nitrogens is 2. The molecule has 3 nitrogen and oxygen atoms in total. The average Bonchev–Trinajstić information content (AvgIpc) is 2.79. The van der Waals surface area contributed by atoms with Crippen LogP contribution < -0.4 is 5.43 Å². The molecule has 0 saturated carbocycles. The van der Waals surface area contributed by atoms with Crippen LogP contribution in [0.1, 0.15) is 29.5 Å². The Hall–Kier alpha value is -1.69. The van der Waals surface area contributed by atoms with Gasteiger partial charge < -0.3 is 0 Å². The van der Waals surface area contributed by atoms with Crippen molar-refractivity contribution in [3.8, 4) is 0 Å². The molecule has 112 valence electrons. The van der Waals surface area contributed by atoms with Crippen molar-refractivity contribution in [2.75, 3.05) is 5.43 Å². The van der Waals surface area contributed by atoms with Crippen LogP contribution in [0.25, 0.3) is 0 Å². The largest absolute Gasteiger partial charge is 0.419 e. The lowest BCUT2D eigenvalue weighted by Gasteiger charge is -2.11. The first-order valence-corrected chi connectivity index (χ1v) is 7.02. The lowest BCUT2D eigenvalue weighted by Crippen LogP contribution is -2.11. The van der Waals surface area contributed by atoms with Crippen LogP contribution in [0.5, 0.6) is 0 Å². The highest BCUT2D eigenvalue weighted by Crippen LogP contribution is 2.34. The van der Waals surface area contributed by atoms with Gasteiger partial charge in [0.1, 0.15) is 11.0 Å². The summed E-state index contributed by atoms with van der Waals surface area (Å²) in [4.78, 5) is 3.75. The summed E-state index contributed by atoms with van der Waals surface area (Å²) in [6, 6.07) is 2.20. The van der Waals surface area contributed by atoms with E-state index in [0.717, 1.165) is 18.9 Å². The number of anilines is 1. The van der Waals surface area contributed by atoms with Gasteiger partial charge in [0.15, 0.2) is 0 Å². The van der Waals surface area contributed by atoms with Crippen LogP contribution in [0, 0.1) is 0 Å². The third kappa shape index (κ3) is 3.00. The van der Waals surface area contributed by atoms with Gasteiger partial charge in [0.2, 0.25) is 0 Å². The van der Waals surface area contributed by atoms with Gasteiger partial charge in [-0.2, -0.15) is 13.2 Å². The summed E-state index contributed by atoms with van der Waals surface area (Å²) in [6.07, 6.45) is 3.80. The number of nitrogens with zero attached hydrogens (tertiary/aromatic N) is 2. The Morgan fingerprint density at radius 3 is 2.24 bits per heavy atom. The first-order chi connectivity index (χ1) is 9.93. The molecule has 0 aliphatic heterocycles. The third-order valence-electron chi connectivity index (χ3n) is 3.54. The summed E-state index contributed by atoms with van der Waals surface area (Å²) in [7, 11) is 0. The molecule has 2 aromatic heterocycles. The molecular weight excluding hydrogens is 303 g/mol. The van der Waals surface area contributed by atoms with E-state index in [0.29, 0.717) is 0 Å². The number of alkyl halides is 3. The topological polar surface area (TPSA) is 29.9 Å². The second-order valence-corrected chi connectivity index (χ2v) is 5.43. The van der Waals surface area contributed by atoms with Crippen LogP contribution in [0.15, 0.2) is 24.5 Å². The summed E-state index contributed by atoms with van der Waals surface area (Å²) in [5.41, 5.74) is 4.55. The molecule has 1 aliphatic rings. The van der Waals surface area contributed by atoms with Gasteiger partial charge in [0, 0.05) is 12.4 Å². The van der Waals surface area contributed by atoms with Crippen LogP contribution >= 0.6 is 11.6 Å². The molecule has 0 saturated heterocycles. The van der Waals surface area contributed by atoms with Gasteiger partial charge >= 0.3 is 6.18 Å². The van der Waals surface area contributed by atoms with E-state index in [1.165, 1.54) is 30.0 Å². The van der Waals surface area contributed by atoms with Crippen molar-refractivity contribution in [3.05, 3.63) is 46.4 Å². The van der Waals surface area contributed by atoms with Crippen LogP contribution in [-0.2, 0) is 19.0 Å². The Kier molecular flexibility index (Phi) is 3.57. The molecule has 21 heavy (non-hydrogen) atoms. The molecule has 2 heterocycles. The van der Waals surface area contributed by atoms with Crippen LogP contribution in [0.3, 0.4) is 0 Å². The maximum atomic E-state index is 12.6. The number of rotatable bonds is 2. The van der Waals surface area contributed by atoms with Crippen molar-refractivity contribution >= 4 is 17.4 Å². The summed E-state index contributed by atoms with van der Waals surface area (Å²) in [6.45, 7) is 0. The van der Waals surface area contributed by atoms with Crippen molar-refractivity contribution in [2.45, 2.75) is 31.9 Å². The van der Waals surface area contributed by atoms with Crippen LogP contribution in [-0.4, -0.2) is 9.66 Å². The fraction of sp³-hybridized carbons (Fsp3) is 0.357. The Morgan fingerprint density at radius 2 is 1.71 bits per heavy atom. The number of aryl methyl sites for hydroxylation is 2. The lowest BCUT2D eigenvalue weighted by molar-refractivity contribution is -0.137. The first kappa shape index (κ1) is 14.3. The van der Waals surface area contributed by atoms with Crippen molar-refractivity contribution < 1.29 is 13.2 Å². The van der Waals surface area contributed by atoms with E-state index in [9.17, 15) is 13.2 Å². The highest BCUT2D eigenvalue weighted by Gasteiger charge is 2.33. The fourth-order valence-corrected chi connectivity index (χ4v) is 2.79. The predicted octanol–water partition coefficient (Wildman–Crippen LogP) is 4.31. The first-order valence-electron chi connectivity index (χ1n) is 6.64. The Balaban J connectivity index is 1.82. The van der Waals surface area contributed by atoms with E-state index in [2.05, 4.69) is 10.4 Å². The van der Waals surface area contributed by atoms with E-state index in [1.54, 1.807) is 4.68 Å². The highest BCUT2D eigenvalue weighted by molar-refractivity contribution is 6.30. The summed E-state index contributed by atoms with van der Waals surface area (Å²) in [5, 5.41) is -0.551. The minimum Gasteiger partial charge on any atom is -0.278 e. The zero-order chi connectivity index (χ0) is 15.0. The third-order valence-corrected chi connectivity index (χ3v) is 3.83. The standard InChI is InChI=1S/C14H13ClF3N3/c15-13-11(14(16,17)18)5-6-12(19-13)20-21-7-9-3-1-2-4-10(9)8-21/h5-8H,1-4H2,(H,19,20). The second kappa shape index (κ2) is 5.26. The van der Waals surface area contributed by atoms with Crippen molar-refractivity contribution in [3.63, 3.8) is 0 Å². The van der Waals surface area contributed by atoms with Crippen molar-refractivity contribution in [1.82, 2.24) is 9.66 Å². The molecule has 2 aromatic rings. The van der Waals surface area contributed by atoms with Gasteiger partial charge in [0.25, 0.3) is 0 Å². The summed E-state index contributed by atoms with van der Waals surface area (Å²) in [5.74, 6) is 0.278. The maximum absolute atomic E-state index is 12.6. The molecule has 0 unspecified atom stereocenters. The fourth-order valence-electron chi connectivity index (χ4n) is 2.52. The van der Waals surface area contributed by atoms with E-state index in [4.69, 9.17) is 11.6 Å². The van der Waals surface area contributed by atoms with Gasteiger partial charge in [0.05, 0.1) is 5.56 Å². The molecule has 0 fully saturated rings. The molecule has 1 N–H and O–H groups in total. The molecule has 0 bridgehead atoms. The van der Waals surface area contributed by atoms with Gasteiger partial charge in [-0.3, -0.25) is 10.1 Å². The monoisotopic (exact) mass is 315 g/mol. The molecule has 1 aliphatic carbocycles. The quantitative estimate of drug-likeness (QED) is 0.837. The molecule has 3 rings (SSSR count). The Morgan fingerprint density at radius 1 is 1.10 bits per heavy atom. The smallest absolute Gasteiger partial charge is 0.278 e. The zero-order valence-corrected chi connectivity index (χ0v) is 11.8. The number of fused-ring (bicyclic) bond motifs is 1. The summed E-state index contributed by atoms with van der Waals surface area (Å²) < 4.78 is 39.6. The van der Waals surface area contributed by atoms with E-state index < -0.39 is 16.9 Å². The van der Waals surface area contributed by atoms with Crippen LogP contribution in [0.4, 0.5) is 19.0 Å². The van der Waals surface area contributed by atoms with Crippen LogP contribution in [0.2, 0.25) is 5.15 Å². The Labute approximate surface area is 124 Å². The molecule has 0 amide bonds. The number of halogens is 4. The number of hydrogen-bond donors (Lipinski definition) is 1. The van der Waals surface area contributed by atoms with Gasteiger partial charge in [-0.05, 0) is 48.9 Å². The molecular formula is C14H13ClF3N3. The summed E-state index contributed by atoms with van der Waals surface area (Å²) >= 11 is 5.60.